The van der Waals surface area contributed by atoms with Crippen molar-refractivity contribution in [2.24, 2.45) is 17.8 Å². The van der Waals surface area contributed by atoms with Gasteiger partial charge >= 0.3 is 0 Å². The Balaban J connectivity index is 1.37. The van der Waals surface area contributed by atoms with Crippen LogP contribution in [0.2, 0.25) is 5.02 Å². The van der Waals surface area contributed by atoms with E-state index in [-0.39, 0.29) is 12.0 Å². The number of nitrogens with zero attached hydrogens (tertiary/aromatic N) is 2. The number of anilines is 1. The molecule has 8 heteroatoms. The van der Waals surface area contributed by atoms with Crippen molar-refractivity contribution in [3.05, 3.63) is 64.7 Å². The lowest BCUT2D eigenvalue weighted by atomic mass is 9.70. The van der Waals surface area contributed by atoms with Crippen LogP contribution in [0.3, 0.4) is 0 Å². The molecular weight excluding hydrogens is 554 g/mol. The van der Waals surface area contributed by atoms with Gasteiger partial charge in [0.25, 0.3) is 0 Å². The highest BCUT2D eigenvalue weighted by Crippen LogP contribution is 2.43. The molecule has 2 aromatic rings. The van der Waals surface area contributed by atoms with E-state index in [9.17, 15) is 4.79 Å². The summed E-state index contributed by atoms with van der Waals surface area (Å²) in [4.78, 5) is 16.8. The minimum Gasteiger partial charge on any atom is -0.491 e. The van der Waals surface area contributed by atoms with Gasteiger partial charge in [-0.25, -0.2) is 0 Å². The molecule has 5 unspecified atom stereocenters. The minimum absolute atomic E-state index is 0.0936. The quantitative estimate of drug-likeness (QED) is 0.169. The highest BCUT2D eigenvalue weighted by atomic mass is 35.5. The number of halogens is 1. The molecule has 2 fully saturated rings. The number of hydrogen-bond acceptors (Lipinski definition) is 6. The molecule has 0 radical (unpaired) electrons. The first-order valence-electron chi connectivity index (χ1n) is 15.1. The number of hydrogen-bond donors (Lipinski definition) is 1. The molecule has 0 bridgehead atoms. The summed E-state index contributed by atoms with van der Waals surface area (Å²) in [6, 6.07) is 12.9. The van der Waals surface area contributed by atoms with E-state index in [0.29, 0.717) is 24.4 Å². The van der Waals surface area contributed by atoms with Gasteiger partial charge in [0, 0.05) is 49.1 Å². The number of amides is 1. The summed E-state index contributed by atoms with van der Waals surface area (Å²) in [5.74, 6) is 2.64. The van der Waals surface area contributed by atoms with Crippen LogP contribution in [0.15, 0.2) is 53.4 Å². The Morgan fingerprint density at radius 3 is 2.78 bits per heavy atom. The first-order valence-corrected chi connectivity index (χ1v) is 16.3. The highest BCUT2D eigenvalue weighted by molar-refractivity contribution is 7.97. The van der Waals surface area contributed by atoms with Crippen molar-refractivity contribution in [2.45, 2.75) is 55.9 Å². The van der Waals surface area contributed by atoms with Crippen LogP contribution in [-0.4, -0.2) is 64.4 Å². The second-order valence-electron chi connectivity index (χ2n) is 11.7. The van der Waals surface area contributed by atoms with Gasteiger partial charge in [0.15, 0.2) is 0 Å². The van der Waals surface area contributed by atoms with Crippen LogP contribution in [0.4, 0.5) is 5.69 Å². The molecular formula is C33H44ClN3O3S. The first kappa shape index (κ1) is 30.3. The van der Waals surface area contributed by atoms with Crippen molar-refractivity contribution in [2.75, 3.05) is 51.8 Å². The van der Waals surface area contributed by atoms with Gasteiger partial charge in [-0.3, -0.25) is 9.52 Å². The predicted octanol–water partition coefficient (Wildman–Crippen LogP) is 6.58. The topological polar surface area (TPSA) is 54.0 Å². The maximum Gasteiger partial charge on any atom is 0.209 e. The minimum atomic E-state index is 0.0936. The van der Waals surface area contributed by atoms with E-state index < -0.39 is 0 Å². The zero-order valence-corrected chi connectivity index (χ0v) is 26.1. The fraction of sp³-hybridized carbons (Fsp3) is 0.545. The van der Waals surface area contributed by atoms with Crippen LogP contribution in [0, 0.1) is 17.8 Å². The van der Waals surface area contributed by atoms with Gasteiger partial charge in [0.2, 0.25) is 6.41 Å². The van der Waals surface area contributed by atoms with Crippen LogP contribution < -0.4 is 14.4 Å². The summed E-state index contributed by atoms with van der Waals surface area (Å²) in [5.41, 5.74) is 3.86. The van der Waals surface area contributed by atoms with E-state index in [1.54, 1.807) is 11.9 Å². The summed E-state index contributed by atoms with van der Waals surface area (Å²) in [5, 5.41) is 0.799. The Morgan fingerprint density at radius 1 is 1.20 bits per heavy atom. The molecule has 3 aliphatic rings. The van der Waals surface area contributed by atoms with Gasteiger partial charge in [-0.05, 0) is 104 Å². The van der Waals surface area contributed by atoms with Crippen molar-refractivity contribution >= 4 is 35.6 Å². The third-order valence-electron chi connectivity index (χ3n) is 9.04. The number of ether oxygens (including phenoxy) is 2. The summed E-state index contributed by atoms with van der Waals surface area (Å²) in [6.45, 7) is 6.41. The molecule has 5 atom stereocenters. The normalized spacial score (nSPS) is 25.0. The molecule has 222 valence electrons. The summed E-state index contributed by atoms with van der Waals surface area (Å²) in [7, 11) is 3.79. The van der Waals surface area contributed by atoms with E-state index in [2.05, 4.69) is 59.0 Å². The number of benzene rings is 2. The average Bonchev–Trinajstić information content (AvgIpc) is 3.36. The Hall–Kier alpha value is -2.19. The number of aryl methyl sites for hydroxylation is 1. The largest absolute Gasteiger partial charge is 0.491 e. The Bertz CT molecular complexity index is 1210. The van der Waals surface area contributed by atoms with Gasteiger partial charge in [0.1, 0.15) is 5.75 Å². The van der Waals surface area contributed by atoms with E-state index in [0.717, 1.165) is 62.6 Å². The van der Waals surface area contributed by atoms with Gasteiger partial charge in [-0.1, -0.05) is 43.2 Å². The van der Waals surface area contributed by atoms with Crippen LogP contribution in [-0.2, 0) is 16.0 Å². The fourth-order valence-electron chi connectivity index (χ4n) is 6.74. The molecule has 0 spiro atoms. The van der Waals surface area contributed by atoms with E-state index in [1.165, 1.54) is 34.6 Å². The summed E-state index contributed by atoms with van der Waals surface area (Å²) >= 11 is 8.06. The molecule has 1 saturated heterocycles. The van der Waals surface area contributed by atoms with Crippen LogP contribution in [0.25, 0.3) is 0 Å². The lowest BCUT2D eigenvalue weighted by Gasteiger charge is -2.43. The van der Waals surface area contributed by atoms with Gasteiger partial charge in [-0.15, -0.1) is 0 Å². The Kier molecular flexibility index (Phi) is 10.6. The third-order valence-corrected chi connectivity index (χ3v) is 9.97. The molecule has 2 aliphatic heterocycles. The van der Waals surface area contributed by atoms with Crippen molar-refractivity contribution in [1.82, 2.24) is 9.62 Å². The van der Waals surface area contributed by atoms with E-state index >= 15 is 0 Å². The molecule has 2 aromatic carbocycles. The second kappa shape index (κ2) is 14.3. The van der Waals surface area contributed by atoms with Crippen molar-refractivity contribution in [3.63, 3.8) is 0 Å². The molecule has 1 N–H and O–H groups in total. The maximum atomic E-state index is 11.1. The number of likely N-dealkylation sites (tertiary alicyclic amines) is 1. The summed E-state index contributed by atoms with van der Waals surface area (Å²) in [6.07, 6.45) is 11.1. The van der Waals surface area contributed by atoms with Crippen LogP contribution >= 0.6 is 23.5 Å². The van der Waals surface area contributed by atoms with Crippen LogP contribution in [0.5, 0.6) is 5.75 Å². The summed E-state index contributed by atoms with van der Waals surface area (Å²) < 4.78 is 15.8. The number of carbonyl (C=O) groups is 1. The van der Waals surface area contributed by atoms with E-state index in [1.807, 2.05) is 25.1 Å². The lowest BCUT2D eigenvalue weighted by Crippen LogP contribution is -2.44. The van der Waals surface area contributed by atoms with Gasteiger partial charge in [-0.2, -0.15) is 0 Å². The second-order valence-corrected chi connectivity index (χ2v) is 13.2. The number of nitrogens with one attached hydrogen (secondary N) is 1. The highest BCUT2D eigenvalue weighted by Gasteiger charge is 2.39. The standard InChI is InChI=1S/C33H44ClN3O3S/c1-4-5-24-16-27(34)8-11-29(24)26-20-37(31-17-28(41-35-2)9-13-33(31)40-21-26)19-25-7-10-30(25)32(39-3)12-6-23-14-15-36(18-23)22-38/h6,8-9,11-13,16-17,22-23,25-26,30,32,35H,4-5,7,10,14-15,18-21H2,1-3H3/b12-6+. The van der Waals surface area contributed by atoms with Crippen molar-refractivity contribution in [3.8, 4) is 5.75 Å². The van der Waals surface area contributed by atoms with Gasteiger partial charge < -0.3 is 19.3 Å². The SMILES string of the molecule is CCCc1cc(Cl)ccc1C1COc2ccc(SNC)cc2N(CC2CCC2C(/C=C/C2CCN(C=O)C2)OC)C1. The third kappa shape index (κ3) is 7.24. The number of carbonyl (C=O) groups excluding carboxylic acids is 1. The monoisotopic (exact) mass is 597 g/mol. The molecule has 6 nitrogen and oxygen atoms in total. The number of rotatable bonds is 12. The van der Waals surface area contributed by atoms with Gasteiger partial charge in [0.05, 0.1) is 18.4 Å². The Labute approximate surface area is 254 Å². The van der Waals surface area contributed by atoms with Crippen molar-refractivity contribution < 1.29 is 14.3 Å². The number of fused-ring (bicyclic) bond motifs is 1. The number of methoxy groups -OCH3 is 1. The molecule has 1 saturated carbocycles. The molecule has 1 amide bonds. The zero-order valence-electron chi connectivity index (χ0n) is 24.6. The molecule has 2 heterocycles. The molecule has 5 rings (SSSR count). The lowest BCUT2D eigenvalue weighted by molar-refractivity contribution is -0.117. The molecule has 41 heavy (non-hydrogen) atoms. The molecule has 1 aliphatic carbocycles. The van der Waals surface area contributed by atoms with E-state index in [4.69, 9.17) is 21.1 Å². The first-order chi connectivity index (χ1) is 20.0. The Morgan fingerprint density at radius 2 is 2.07 bits per heavy atom. The average molecular weight is 598 g/mol. The fourth-order valence-corrected chi connectivity index (χ4v) is 7.48. The van der Waals surface area contributed by atoms with Crippen molar-refractivity contribution in [1.29, 1.82) is 0 Å². The van der Waals surface area contributed by atoms with Crippen LogP contribution in [0.1, 0.15) is 49.7 Å². The maximum absolute atomic E-state index is 11.1. The molecule has 0 aromatic heterocycles. The zero-order chi connectivity index (χ0) is 28.8. The predicted molar refractivity (Wildman–Crippen MR) is 169 cm³/mol. The smallest absolute Gasteiger partial charge is 0.209 e.